The van der Waals surface area contributed by atoms with Crippen LogP contribution in [0, 0.1) is 0 Å². The number of hydrogen-bond donors (Lipinski definition) is 1. The lowest BCUT2D eigenvalue weighted by atomic mass is 10.1. The van der Waals surface area contributed by atoms with Crippen LogP contribution in [0.3, 0.4) is 0 Å². The Bertz CT molecular complexity index is 271. The lowest BCUT2D eigenvalue weighted by molar-refractivity contribution is -0.132. The first-order valence-corrected chi connectivity index (χ1v) is 6.99. The molecule has 4 nitrogen and oxygen atoms in total. The number of likely N-dealkylation sites (N-methyl/N-ethyl adjacent to an activating group) is 1. The van der Waals surface area contributed by atoms with Crippen LogP contribution < -0.4 is 5.32 Å². The summed E-state index contributed by atoms with van der Waals surface area (Å²) in [5.41, 5.74) is 0.0916. The summed E-state index contributed by atoms with van der Waals surface area (Å²) in [5, 5.41) is 3.37. The molecule has 18 heavy (non-hydrogen) atoms. The van der Waals surface area contributed by atoms with Gasteiger partial charge in [-0.3, -0.25) is 4.79 Å². The first kappa shape index (κ1) is 15.4. The molecule has 1 N–H and O–H groups in total. The van der Waals surface area contributed by atoms with E-state index in [0.717, 1.165) is 32.5 Å². The normalized spacial score (nSPS) is 20.8. The van der Waals surface area contributed by atoms with Crippen molar-refractivity contribution in [2.24, 2.45) is 0 Å². The number of nitrogens with one attached hydrogen (secondary N) is 1. The Morgan fingerprint density at radius 1 is 1.39 bits per heavy atom. The predicted molar refractivity (Wildman–Crippen MR) is 75.7 cm³/mol. The highest BCUT2D eigenvalue weighted by molar-refractivity contribution is 5.77. The summed E-state index contributed by atoms with van der Waals surface area (Å²) in [4.78, 5) is 16.4. The van der Waals surface area contributed by atoms with E-state index in [9.17, 15) is 4.79 Å². The summed E-state index contributed by atoms with van der Waals surface area (Å²) >= 11 is 0. The molecular weight excluding hydrogens is 226 g/mol. The third kappa shape index (κ3) is 5.36. The molecule has 4 heteroatoms. The van der Waals surface area contributed by atoms with Gasteiger partial charge < -0.3 is 15.1 Å². The minimum atomic E-state index is 0.0916. The van der Waals surface area contributed by atoms with Gasteiger partial charge in [-0.25, -0.2) is 0 Å². The van der Waals surface area contributed by atoms with Gasteiger partial charge in [0.15, 0.2) is 0 Å². The van der Waals surface area contributed by atoms with Crippen molar-refractivity contribution >= 4 is 5.91 Å². The van der Waals surface area contributed by atoms with E-state index in [1.54, 1.807) is 0 Å². The minimum Gasteiger partial charge on any atom is -0.338 e. The van der Waals surface area contributed by atoms with Crippen LogP contribution >= 0.6 is 0 Å². The Morgan fingerprint density at radius 2 is 2.06 bits per heavy atom. The Labute approximate surface area is 112 Å². The maximum Gasteiger partial charge on any atom is 0.224 e. The number of nitrogens with zero attached hydrogens (tertiary/aromatic N) is 2. The van der Waals surface area contributed by atoms with Crippen molar-refractivity contribution in [2.75, 3.05) is 33.7 Å². The van der Waals surface area contributed by atoms with Crippen LogP contribution in [0.25, 0.3) is 0 Å². The molecule has 0 saturated carbocycles. The van der Waals surface area contributed by atoms with Gasteiger partial charge in [0.25, 0.3) is 0 Å². The van der Waals surface area contributed by atoms with Crippen molar-refractivity contribution in [2.45, 2.75) is 51.6 Å². The molecule has 1 rings (SSSR count). The van der Waals surface area contributed by atoms with Crippen molar-refractivity contribution in [3.05, 3.63) is 0 Å². The van der Waals surface area contributed by atoms with Crippen LogP contribution in [0.15, 0.2) is 0 Å². The molecule has 1 unspecified atom stereocenters. The number of amides is 1. The lowest BCUT2D eigenvalue weighted by Gasteiger charge is -2.28. The zero-order valence-corrected chi connectivity index (χ0v) is 12.6. The number of rotatable bonds is 5. The molecule has 0 bridgehead atoms. The molecule has 0 aromatic rings. The summed E-state index contributed by atoms with van der Waals surface area (Å²) in [6.07, 6.45) is 2.91. The Morgan fingerprint density at radius 3 is 2.61 bits per heavy atom. The van der Waals surface area contributed by atoms with Crippen LogP contribution in [-0.2, 0) is 4.79 Å². The van der Waals surface area contributed by atoms with E-state index >= 15 is 0 Å². The van der Waals surface area contributed by atoms with Crippen molar-refractivity contribution < 1.29 is 4.79 Å². The zero-order valence-electron chi connectivity index (χ0n) is 12.6. The van der Waals surface area contributed by atoms with Gasteiger partial charge in [-0.05, 0) is 47.7 Å². The summed E-state index contributed by atoms with van der Waals surface area (Å²) < 4.78 is 0. The second-order valence-corrected chi connectivity index (χ2v) is 6.57. The molecule has 0 aromatic heterocycles. The molecule has 106 valence electrons. The molecule has 1 aliphatic rings. The molecule has 0 radical (unpaired) electrons. The van der Waals surface area contributed by atoms with Crippen molar-refractivity contribution in [3.63, 3.8) is 0 Å². The van der Waals surface area contributed by atoms with Crippen molar-refractivity contribution in [3.8, 4) is 0 Å². The summed E-state index contributed by atoms with van der Waals surface area (Å²) in [6, 6.07) is 0.419. The van der Waals surface area contributed by atoms with Crippen LogP contribution in [0.1, 0.15) is 40.0 Å². The topological polar surface area (TPSA) is 35.6 Å². The van der Waals surface area contributed by atoms with E-state index < -0.39 is 0 Å². The molecular formula is C14H29N3O. The number of hydrogen-bond acceptors (Lipinski definition) is 3. The van der Waals surface area contributed by atoms with E-state index in [0.29, 0.717) is 18.4 Å². The second-order valence-electron chi connectivity index (χ2n) is 6.57. The van der Waals surface area contributed by atoms with Gasteiger partial charge in [0, 0.05) is 37.6 Å². The van der Waals surface area contributed by atoms with Gasteiger partial charge in [-0.15, -0.1) is 0 Å². The third-order valence-electron chi connectivity index (χ3n) is 3.27. The predicted octanol–water partition coefficient (Wildman–Crippen LogP) is 1.32. The minimum absolute atomic E-state index is 0.0916. The molecule has 0 aromatic carbocycles. The van der Waals surface area contributed by atoms with Gasteiger partial charge >= 0.3 is 0 Å². The van der Waals surface area contributed by atoms with E-state index in [4.69, 9.17) is 0 Å². The van der Waals surface area contributed by atoms with Gasteiger partial charge in [0.05, 0.1) is 0 Å². The molecule has 1 saturated heterocycles. The molecule has 0 aliphatic carbocycles. The van der Waals surface area contributed by atoms with Gasteiger partial charge in [-0.1, -0.05) is 0 Å². The molecule has 1 amide bonds. The molecule has 0 spiro atoms. The third-order valence-corrected chi connectivity index (χ3v) is 3.27. The van der Waals surface area contributed by atoms with E-state index in [1.165, 1.54) is 0 Å². The lowest BCUT2D eigenvalue weighted by Crippen LogP contribution is -2.43. The Hall–Kier alpha value is -0.610. The van der Waals surface area contributed by atoms with Gasteiger partial charge in [0.1, 0.15) is 0 Å². The average molecular weight is 255 g/mol. The van der Waals surface area contributed by atoms with Crippen LogP contribution in [0.2, 0.25) is 0 Å². The Kier molecular flexibility index (Phi) is 5.60. The van der Waals surface area contributed by atoms with E-state index in [-0.39, 0.29) is 5.54 Å². The Balaban J connectivity index is 2.36. The first-order chi connectivity index (χ1) is 8.29. The standard InChI is InChI=1S/C14H29N3O/c1-14(2,3)15-9-8-13(18)17-10-6-7-12(17)11-16(4)5/h12,15H,6-11H2,1-5H3. The van der Waals surface area contributed by atoms with Crippen LogP contribution in [0.4, 0.5) is 0 Å². The fraction of sp³-hybridized carbons (Fsp3) is 0.929. The summed E-state index contributed by atoms with van der Waals surface area (Å²) in [6.45, 7) is 9.07. The molecule has 1 fully saturated rings. The first-order valence-electron chi connectivity index (χ1n) is 6.99. The average Bonchev–Trinajstić information content (AvgIpc) is 2.62. The molecule has 1 heterocycles. The SMILES string of the molecule is CN(C)CC1CCCN1C(=O)CCNC(C)(C)C. The monoisotopic (exact) mass is 255 g/mol. The van der Waals surface area contributed by atoms with Crippen LogP contribution in [0.5, 0.6) is 0 Å². The number of carbonyl (C=O) groups is 1. The number of carbonyl (C=O) groups excluding carboxylic acids is 1. The zero-order chi connectivity index (χ0) is 13.8. The van der Waals surface area contributed by atoms with E-state index in [1.807, 2.05) is 0 Å². The van der Waals surface area contributed by atoms with Crippen molar-refractivity contribution in [1.82, 2.24) is 15.1 Å². The van der Waals surface area contributed by atoms with Gasteiger partial charge in [0.2, 0.25) is 5.91 Å². The summed E-state index contributed by atoms with van der Waals surface area (Å²) in [5.74, 6) is 0.302. The largest absolute Gasteiger partial charge is 0.338 e. The highest BCUT2D eigenvalue weighted by atomic mass is 16.2. The second kappa shape index (κ2) is 6.53. The fourth-order valence-corrected chi connectivity index (χ4v) is 2.46. The van der Waals surface area contributed by atoms with E-state index in [2.05, 4.69) is 50.0 Å². The van der Waals surface area contributed by atoms with Gasteiger partial charge in [-0.2, -0.15) is 0 Å². The fourth-order valence-electron chi connectivity index (χ4n) is 2.46. The maximum atomic E-state index is 12.2. The highest BCUT2D eigenvalue weighted by Gasteiger charge is 2.28. The van der Waals surface area contributed by atoms with Crippen molar-refractivity contribution in [1.29, 1.82) is 0 Å². The molecule has 1 aliphatic heterocycles. The molecule has 1 atom stereocenters. The smallest absolute Gasteiger partial charge is 0.224 e. The highest BCUT2D eigenvalue weighted by Crippen LogP contribution is 2.18. The van der Waals surface area contributed by atoms with Crippen LogP contribution in [-0.4, -0.2) is 61.0 Å². The quantitative estimate of drug-likeness (QED) is 0.805. The number of likely N-dealkylation sites (tertiary alicyclic amines) is 1. The maximum absolute atomic E-state index is 12.2. The summed E-state index contributed by atoms with van der Waals surface area (Å²) in [7, 11) is 4.14.